The number of nitriles is 1. The molecule has 0 amide bonds. The van der Waals surface area contributed by atoms with Crippen LogP contribution in [-0.2, 0) is 0 Å². The van der Waals surface area contributed by atoms with Gasteiger partial charge in [0.1, 0.15) is 17.5 Å². The minimum absolute atomic E-state index is 0.132. The first-order chi connectivity index (χ1) is 10.7. The van der Waals surface area contributed by atoms with Gasteiger partial charge < -0.3 is 10.2 Å². The molecule has 0 unspecified atom stereocenters. The number of allylic oxidation sites excluding steroid dienone is 1. The Morgan fingerprint density at radius 1 is 1.41 bits per heavy atom. The molecular weight excluding hydrogens is 298 g/mol. The fourth-order valence-corrected chi connectivity index (χ4v) is 2.68. The molecule has 0 spiro atoms. The van der Waals surface area contributed by atoms with Gasteiger partial charge in [0.15, 0.2) is 0 Å². The van der Waals surface area contributed by atoms with E-state index in [1.807, 2.05) is 38.1 Å². The average molecular weight is 312 g/mol. The van der Waals surface area contributed by atoms with Gasteiger partial charge in [-0.05, 0) is 43.1 Å². The lowest BCUT2D eigenvalue weighted by atomic mass is 10.1. The Balaban J connectivity index is 2.20. The molecule has 2 heterocycles. The van der Waals surface area contributed by atoms with Crippen LogP contribution in [0.5, 0.6) is 0 Å². The first kappa shape index (κ1) is 14.4. The van der Waals surface area contributed by atoms with Gasteiger partial charge in [0, 0.05) is 12.7 Å². The minimum Gasteiger partial charge on any atom is -0.339 e. The predicted octanol–water partition coefficient (Wildman–Crippen LogP) is 3.58. The van der Waals surface area contributed by atoms with Crippen LogP contribution < -0.4 is 10.2 Å². The number of aryl methyl sites for hydroxylation is 1. The van der Waals surface area contributed by atoms with E-state index in [0.717, 1.165) is 29.3 Å². The maximum atomic E-state index is 9.67. The number of halogens is 1. The maximum Gasteiger partial charge on any atom is 0.222 e. The third kappa shape index (κ3) is 2.28. The van der Waals surface area contributed by atoms with Crippen molar-refractivity contribution in [3.63, 3.8) is 0 Å². The van der Waals surface area contributed by atoms with Gasteiger partial charge in [-0.3, -0.25) is 0 Å². The molecule has 22 heavy (non-hydrogen) atoms. The summed E-state index contributed by atoms with van der Waals surface area (Å²) < 4.78 is 0. The summed E-state index contributed by atoms with van der Waals surface area (Å²) in [5.41, 5.74) is 3.84. The third-order valence-corrected chi connectivity index (χ3v) is 3.74. The van der Waals surface area contributed by atoms with Crippen LogP contribution in [0.1, 0.15) is 18.2 Å². The quantitative estimate of drug-likeness (QED) is 0.678. The highest BCUT2D eigenvalue weighted by atomic mass is 35.5. The zero-order valence-electron chi connectivity index (χ0n) is 12.3. The van der Waals surface area contributed by atoms with E-state index in [2.05, 4.69) is 26.3 Å². The highest BCUT2D eigenvalue weighted by Crippen LogP contribution is 2.38. The molecule has 0 atom stereocenters. The first-order valence-corrected chi connectivity index (χ1v) is 7.31. The van der Waals surface area contributed by atoms with Gasteiger partial charge in [-0.2, -0.15) is 5.26 Å². The SMILES string of the molecule is CCN1/C(=C(\C#N)c2nc(Cl)ncc2C)Nc2ccccc21. The van der Waals surface area contributed by atoms with Crippen LogP contribution in [0.25, 0.3) is 5.57 Å². The number of anilines is 2. The van der Waals surface area contributed by atoms with E-state index in [1.54, 1.807) is 6.20 Å². The highest BCUT2D eigenvalue weighted by Gasteiger charge is 2.27. The first-order valence-electron chi connectivity index (χ1n) is 6.93. The summed E-state index contributed by atoms with van der Waals surface area (Å²) in [6, 6.07) is 10.2. The molecule has 110 valence electrons. The van der Waals surface area contributed by atoms with E-state index in [0.29, 0.717) is 11.3 Å². The summed E-state index contributed by atoms with van der Waals surface area (Å²) in [6.45, 7) is 4.64. The maximum absolute atomic E-state index is 9.67. The van der Waals surface area contributed by atoms with Crippen LogP contribution in [0.4, 0.5) is 11.4 Å². The number of para-hydroxylation sites is 2. The number of hydrogen-bond acceptors (Lipinski definition) is 5. The normalized spacial score (nSPS) is 15.1. The van der Waals surface area contributed by atoms with E-state index in [-0.39, 0.29) is 5.28 Å². The molecule has 1 N–H and O–H groups in total. The fourth-order valence-electron chi connectivity index (χ4n) is 2.55. The second kappa shape index (κ2) is 5.66. The largest absolute Gasteiger partial charge is 0.339 e. The van der Waals surface area contributed by atoms with Crippen LogP contribution in [0.3, 0.4) is 0 Å². The summed E-state index contributed by atoms with van der Waals surface area (Å²) in [4.78, 5) is 10.2. The van der Waals surface area contributed by atoms with E-state index >= 15 is 0 Å². The number of benzene rings is 1. The van der Waals surface area contributed by atoms with Crippen LogP contribution in [0, 0.1) is 18.3 Å². The standard InChI is InChI=1S/C16H14ClN5/c1-3-22-13-7-5-4-6-12(13)20-15(22)11(8-18)14-10(2)9-19-16(17)21-14/h4-7,9,20H,3H2,1-2H3/b15-11+. The molecular formula is C16H14ClN5. The van der Waals surface area contributed by atoms with E-state index < -0.39 is 0 Å². The lowest BCUT2D eigenvalue weighted by Crippen LogP contribution is -2.22. The van der Waals surface area contributed by atoms with Crippen molar-refractivity contribution in [3.05, 3.63) is 52.8 Å². The average Bonchev–Trinajstić information content (AvgIpc) is 2.89. The van der Waals surface area contributed by atoms with Crippen LogP contribution in [-0.4, -0.2) is 16.5 Å². The third-order valence-electron chi connectivity index (χ3n) is 3.56. The number of fused-ring (bicyclic) bond motifs is 1. The zero-order valence-corrected chi connectivity index (χ0v) is 13.0. The van der Waals surface area contributed by atoms with Crippen molar-refractivity contribution in [2.45, 2.75) is 13.8 Å². The Morgan fingerprint density at radius 3 is 2.91 bits per heavy atom. The molecule has 6 heteroatoms. The molecule has 0 radical (unpaired) electrons. The number of rotatable bonds is 2. The molecule has 1 aliphatic heterocycles. The summed E-state index contributed by atoms with van der Waals surface area (Å²) in [5, 5.41) is 13.1. The van der Waals surface area contributed by atoms with E-state index in [9.17, 15) is 5.26 Å². The van der Waals surface area contributed by atoms with Crippen molar-refractivity contribution >= 4 is 28.5 Å². The van der Waals surface area contributed by atoms with Crippen molar-refractivity contribution in [1.82, 2.24) is 9.97 Å². The van der Waals surface area contributed by atoms with E-state index in [4.69, 9.17) is 11.6 Å². The Kier molecular flexibility index (Phi) is 3.70. The van der Waals surface area contributed by atoms with Gasteiger partial charge in [-0.25, -0.2) is 9.97 Å². The van der Waals surface area contributed by atoms with Crippen molar-refractivity contribution in [3.8, 4) is 6.07 Å². The molecule has 3 rings (SSSR count). The predicted molar refractivity (Wildman–Crippen MR) is 87.4 cm³/mol. The molecule has 0 aliphatic carbocycles. The van der Waals surface area contributed by atoms with Gasteiger partial charge in [0.25, 0.3) is 0 Å². The molecule has 0 bridgehead atoms. The summed E-state index contributed by atoms with van der Waals surface area (Å²) in [6.07, 6.45) is 1.63. The lowest BCUT2D eigenvalue weighted by molar-refractivity contribution is 0.989. The van der Waals surface area contributed by atoms with Crippen molar-refractivity contribution in [2.75, 3.05) is 16.8 Å². The van der Waals surface area contributed by atoms with Gasteiger partial charge >= 0.3 is 0 Å². The monoisotopic (exact) mass is 311 g/mol. The molecule has 2 aromatic rings. The molecule has 5 nitrogen and oxygen atoms in total. The number of aromatic nitrogens is 2. The number of hydrogen-bond donors (Lipinski definition) is 1. The topological polar surface area (TPSA) is 64.8 Å². The molecule has 0 fully saturated rings. The highest BCUT2D eigenvalue weighted by molar-refractivity contribution is 6.28. The second-order valence-corrected chi connectivity index (χ2v) is 5.23. The van der Waals surface area contributed by atoms with Crippen molar-refractivity contribution in [2.24, 2.45) is 0 Å². The Hall–Kier alpha value is -2.58. The number of nitrogens with one attached hydrogen (secondary N) is 1. The molecule has 0 saturated heterocycles. The smallest absolute Gasteiger partial charge is 0.222 e. The Morgan fingerprint density at radius 2 is 2.18 bits per heavy atom. The van der Waals surface area contributed by atoms with Crippen molar-refractivity contribution in [1.29, 1.82) is 5.26 Å². The van der Waals surface area contributed by atoms with Gasteiger partial charge in [0.05, 0.1) is 17.1 Å². The summed E-state index contributed by atoms with van der Waals surface area (Å²) in [5.74, 6) is 0.726. The molecule has 0 saturated carbocycles. The van der Waals surface area contributed by atoms with Crippen LogP contribution >= 0.6 is 11.6 Å². The van der Waals surface area contributed by atoms with Crippen LogP contribution in [0.2, 0.25) is 5.28 Å². The zero-order chi connectivity index (χ0) is 15.7. The fraction of sp³-hybridized carbons (Fsp3) is 0.188. The van der Waals surface area contributed by atoms with Gasteiger partial charge in [-0.15, -0.1) is 0 Å². The molecule has 1 aliphatic rings. The molecule has 1 aromatic carbocycles. The van der Waals surface area contributed by atoms with Gasteiger partial charge in [0.2, 0.25) is 5.28 Å². The van der Waals surface area contributed by atoms with Gasteiger partial charge in [-0.1, -0.05) is 12.1 Å². The molecule has 1 aromatic heterocycles. The second-order valence-electron chi connectivity index (χ2n) is 4.89. The minimum atomic E-state index is 0.132. The number of nitrogens with zero attached hydrogens (tertiary/aromatic N) is 4. The summed E-state index contributed by atoms with van der Waals surface area (Å²) >= 11 is 5.90. The Labute approximate surface area is 133 Å². The van der Waals surface area contributed by atoms with Crippen molar-refractivity contribution < 1.29 is 0 Å². The summed E-state index contributed by atoms with van der Waals surface area (Å²) in [7, 11) is 0. The van der Waals surface area contributed by atoms with E-state index in [1.165, 1.54) is 0 Å². The Bertz CT molecular complexity index is 806. The lowest BCUT2D eigenvalue weighted by Gasteiger charge is -2.19. The van der Waals surface area contributed by atoms with Crippen LogP contribution in [0.15, 0.2) is 36.3 Å².